The van der Waals surface area contributed by atoms with Gasteiger partial charge in [-0.2, -0.15) is 0 Å². The summed E-state index contributed by atoms with van der Waals surface area (Å²) in [6.07, 6.45) is -0.640. The normalized spacial score (nSPS) is 16.4. The van der Waals surface area contributed by atoms with Crippen LogP contribution in [0, 0.1) is 5.92 Å². The van der Waals surface area contributed by atoms with Gasteiger partial charge < -0.3 is 20.1 Å². The van der Waals surface area contributed by atoms with Crippen LogP contribution in [0.3, 0.4) is 0 Å². The highest BCUT2D eigenvalue weighted by molar-refractivity contribution is 5.85. The number of hydrogen-bond donors (Lipinski definition) is 2. The first-order chi connectivity index (χ1) is 12.4. The number of benzene rings is 1. The Morgan fingerprint density at radius 3 is 2.27 bits per heavy atom. The van der Waals surface area contributed by atoms with Crippen molar-refractivity contribution in [2.45, 2.75) is 32.9 Å². The van der Waals surface area contributed by atoms with Crippen molar-refractivity contribution in [2.75, 3.05) is 33.3 Å². The van der Waals surface area contributed by atoms with E-state index >= 15 is 0 Å². The molecule has 7 heteroatoms. The number of rotatable bonds is 7. The molecule has 26 heavy (non-hydrogen) atoms. The molecule has 0 bridgehead atoms. The zero-order chi connectivity index (χ0) is 19.1. The van der Waals surface area contributed by atoms with Crippen LogP contribution < -0.4 is 10.1 Å². The molecule has 0 saturated carbocycles. The van der Waals surface area contributed by atoms with Crippen LogP contribution in [-0.4, -0.2) is 66.2 Å². The van der Waals surface area contributed by atoms with Gasteiger partial charge in [-0.25, -0.2) is 4.79 Å². The van der Waals surface area contributed by atoms with Crippen molar-refractivity contribution in [1.82, 2.24) is 15.1 Å². The Bertz CT molecular complexity index is 595. The van der Waals surface area contributed by atoms with E-state index in [1.807, 2.05) is 38.1 Å². The molecule has 0 radical (unpaired) electrons. The summed E-state index contributed by atoms with van der Waals surface area (Å²) in [4.78, 5) is 27.7. The van der Waals surface area contributed by atoms with Crippen LogP contribution in [0.1, 0.15) is 25.8 Å². The number of amides is 2. The molecule has 2 rings (SSSR count). The average molecular weight is 363 g/mol. The van der Waals surface area contributed by atoms with E-state index < -0.39 is 12.1 Å². The Morgan fingerprint density at radius 1 is 1.15 bits per heavy atom. The zero-order valence-corrected chi connectivity index (χ0v) is 15.8. The van der Waals surface area contributed by atoms with Crippen LogP contribution in [0.2, 0.25) is 0 Å². The maximum atomic E-state index is 12.7. The lowest BCUT2D eigenvalue weighted by Gasteiger charge is -2.36. The first-order valence-electron chi connectivity index (χ1n) is 9.02. The van der Waals surface area contributed by atoms with Gasteiger partial charge in [-0.3, -0.25) is 9.69 Å². The van der Waals surface area contributed by atoms with Crippen LogP contribution in [0.5, 0.6) is 5.75 Å². The number of hydrogen-bond acceptors (Lipinski definition) is 4. The molecule has 1 atom stereocenters. The van der Waals surface area contributed by atoms with E-state index in [9.17, 15) is 9.59 Å². The van der Waals surface area contributed by atoms with Gasteiger partial charge in [-0.05, 0) is 30.0 Å². The van der Waals surface area contributed by atoms with Gasteiger partial charge in [0.05, 0.1) is 7.11 Å². The standard InChI is InChI=1S/C19H29N3O4/c1-14(2)12-17(20-19(24)25)18(23)22-10-8-21(9-11-22)13-15-4-6-16(26-3)7-5-15/h4-7,14,17,20H,8-13H2,1-3H3,(H,24,25). The summed E-state index contributed by atoms with van der Waals surface area (Å²) in [5, 5.41) is 11.4. The molecular weight excluding hydrogens is 334 g/mol. The second-order valence-corrected chi connectivity index (χ2v) is 7.08. The summed E-state index contributed by atoms with van der Waals surface area (Å²) in [7, 11) is 1.65. The van der Waals surface area contributed by atoms with Gasteiger partial charge in [0.2, 0.25) is 5.91 Å². The number of ether oxygens (including phenoxy) is 1. The van der Waals surface area contributed by atoms with E-state index in [2.05, 4.69) is 10.2 Å². The van der Waals surface area contributed by atoms with Crippen molar-refractivity contribution in [3.63, 3.8) is 0 Å². The minimum absolute atomic E-state index is 0.120. The van der Waals surface area contributed by atoms with E-state index in [4.69, 9.17) is 9.84 Å². The Hall–Kier alpha value is -2.28. The molecule has 2 amide bonds. The number of methoxy groups -OCH3 is 1. The molecule has 1 aromatic carbocycles. The fourth-order valence-electron chi connectivity index (χ4n) is 3.18. The van der Waals surface area contributed by atoms with Crippen molar-refractivity contribution < 1.29 is 19.4 Å². The van der Waals surface area contributed by atoms with Crippen LogP contribution in [-0.2, 0) is 11.3 Å². The number of piperazine rings is 1. The maximum Gasteiger partial charge on any atom is 0.405 e. The van der Waals surface area contributed by atoms with Crippen molar-refractivity contribution in [2.24, 2.45) is 5.92 Å². The largest absolute Gasteiger partial charge is 0.497 e. The predicted octanol–water partition coefficient (Wildman–Crippen LogP) is 2.02. The van der Waals surface area contributed by atoms with Gasteiger partial charge in [-0.15, -0.1) is 0 Å². The lowest BCUT2D eigenvalue weighted by Crippen LogP contribution is -2.54. The fourth-order valence-corrected chi connectivity index (χ4v) is 3.18. The summed E-state index contributed by atoms with van der Waals surface area (Å²) >= 11 is 0. The smallest absolute Gasteiger partial charge is 0.405 e. The molecule has 0 spiro atoms. The molecule has 2 N–H and O–H groups in total. The predicted molar refractivity (Wildman–Crippen MR) is 99.3 cm³/mol. The monoisotopic (exact) mass is 363 g/mol. The summed E-state index contributed by atoms with van der Waals surface area (Å²) in [5.74, 6) is 0.962. The highest BCUT2D eigenvalue weighted by Gasteiger charge is 2.29. The third-order valence-corrected chi connectivity index (χ3v) is 4.55. The van der Waals surface area contributed by atoms with Crippen molar-refractivity contribution in [1.29, 1.82) is 0 Å². The molecular formula is C19H29N3O4. The Labute approximate surface area is 154 Å². The molecule has 1 unspecified atom stereocenters. The quantitative estimate of drug-likeness (QED) is 0.775. The van der Waals surface area contributed by atoms with Gasteiger partial charge in [0.1, 0.15) is 11.8 Å². The molecule has 1 saturated heterocycles. The molecule has 1 aromatic rings. The topological polar surface area (TPSA) is 82.1 Å². The van der Waals surface area contributed by atoms with Gasteiger partial charge >= 0.3 is 6.09 Å². The highest BCUT2D eigenvalue weighted by atomic mass is 16.5. The fraction of sp³-hybridized carbons (Fsp3) is 0.579. The van der Waals surface area contributed by atoms with E-state index in [-0.39, 0.29) is 11.8 Å². The maximum absolute atomic E-state index is 12.7. The van der Waals surface area contributed by atoms with Gasteiger partial charge in [0.15, 0.2) is 0 Å². The minimum atomic E-state index is -1.15. The lowest BCUT2D eigenvalue weighted by molar-refractivity contribution is -0.135. The second kappa shape index (κ2) is 9.43. The van der Waals surface area contributed by atoms with Crippen molar-refractivity contribution in [3.05, 3.63) is 29.8 Å². The minimum Gasteiger partial charge on any atom is -0.497 e. The summed E-state index contributed by atoms with van der Waals surface area (Å²) in [6.45, 7) is 7.58. The van der Waals surface area contributed by atoms with E-state index in [1.54, 1.807) is 12.0 Å². The SMILES string of the molecule is COc1ccc(CN2CCN(C(=O)C(CC(C)C)NC(=O)O)CC2)cc1. The summed E-state index contributed by atoms with van der Waals surface area (Å²) in [5.41, 5.74) is 1.20. The van der Waals surface area contributed by atoms with Gasteiger partial charge in [-0.1, -0.05) is 26.0 Å². The van der Waals surface area contributed by atoms with Crippen LogP contribution >= 0.6 is 0 Å². The van der Waals surface area contributed by atoms with Crippen LogP contribution in [0.25, 0.3) is 0 Å². The van der Waals surface area contributed by atoms with E-state index in [1.165, 1.54) is 5.56 Å². The Kier molecular flexibility index (Phi) is 7.26. The third-order valence-electron chi connectivity index (χ3n) is 4.55. The Morgan fingerprint density at radius 2 is 1.77 bits per heavy atom. The van der Waals surface area contributed by atoms with Crippen molar-refractivity contribution >= 4 is 12.0 Å². The Balaban J connectivity index is 1.87. The molecule has 0 aliphatic carbocycles. The lowest BCUT2D eigenvalue weighted by atomic mass is 10.0. The van der Waals surface area contributed by atoms with Crippen LogP contribution in [0.4, 0.5) is 4.79 Å². The third kappa shape index (κ3) is 5.91. The molecule has 144 valence electrons. The zero-order valence-electron chi connectivity index (χ0n) is 15.8. The molecule has 1 fully saturated rings. The molecule has 7 nitrogen and oxygen atoms in total. The number of nitrogens with one attached hydrogen (secondary N) is 1. The summed E-state index contributed by atoms with van der Waals surface area (Å²) in [6, 6.07) is 7.32. The molecule has 1 aliphatic rings. The van der Waals surface area contributed by atoms with Gasteiger partial charge in [0.25, 0.3) is 0 Å². The number of carboxylic acid groups (broad SMARTS) is 1. The second-order valence-electron chi connectivity index (χ2n) is 7.08. The molecule has 1 heterocycles. The summed E-state index contributed by atoms with van der Waals surface area (Å²) < 4.78 is 5.17. The highest BCUT2D eigenvalue weighted by Crippen LogP contribution is 2.15. The number of nitrogens with zero attached hydrogens (tertiary/aromatic N) is 2. The number of carbonyl (C=O) groups excluding carboxylic acids is 1. The molecule has 0 aromatic heterocycles. The van der Waals surface area contributed by atoms with Gasteiger partial charge in [0, 0.05) is 32.7 Å². The average Bonchev–Trinajstić information content (AvgIpc) is 2.61. The van der Waals surface area contributed by atoms with E-state index in [0.717, 1.165) is 25.4 Å². The number of carbonyl (C=O) groups is 2. The van der Waals surface area contributed by atoms with E-state index in [0.29, 0.717) is 19.5 Å². The molecule has 1 aliphatic heterocycles. The van der Waals surface area contributed by atoms with Crippen molar-refractivity contribution in [3.8, 4) is 5.75 Å². The first kappa shape index (κ1) is 20.0. The van der Waals surface area contributed by atoms with Crippen LogP contribution in [0.15, 0.2) is 24.3 Å². The first-order valence-corrected chi connectivity index (χ1v) is 9.02.